The number of ether oxygens (including phenoxy) is 2. The van der Waals surface area contributed by atoms with E-state index in [1.165, 1.54) is 12.7 Å². The van der Waals surface area contributed by atoms with Crippen molar-refractivity contribution >= 4 is 5.90 Å². The van der Waals surface area contributed by atoms with E-state index in [1.807, 2.05) is 32.0 Å². The van der Waals surface area contributed by atoms with Crippen molar-refractivity contribution in [1.29, 1.82) is 5.41 Å². The maximum absolute atomic E-state index is 7.25. The third-order valence-corrected chi connectivity index (χ3v) is 1.94. The highest BCUT2D eigenvalue weighted by Gasteiger charge is 2.01. The normalized spacial score (nSPS) is 9.64. The van der Waals surface area contributed by atoms with Gasteiger partial charge in [-0.05, 0) is 25.5 Å². The molecule has 0 saturated carbocycles. The van der Waals surface area contributed by atoms with Crippen LogP contribution in [-0.2, 0) is 4.74 Å². The highest BCUT2D eigenvalue weighted by atomic mass is 16.5. The number of benzene rings is 1. The molecule has 3 nitrogen and oxygen atoms in total. The lowest BCUT2D eigenvalue weighted by Crippen LogP contribution is -2.12. The molecule has 0 saturated heterocycles. The number of nitrogens with one attached hydrogen (secondary N) is 1. The molecule has 0 spiro atoms. The quantitative estimate of drug-likeness (QED) is 0.591. The maximum Gasteiger partial charge on any atom is 0.219 e. The van der Waals surface area contributed by atoms with Crippen LogP contribution in [0.1, 0.15) is 11.1 Å². The van der Waals surface area contributed by atoms with Gasteiger partial charge in [-0.15, -0.1) is 0 Å². The molecule has 0 heterocycles. The van der Waals surface area contributed by atoms with Crippen LogP contribution in [0.5, 0.6) is 5.75 Å². The van der Waals surface area contributed by atoms with E-state index in [9.17, 15) is 0 Å². The highest BCUT2D eigenvalue weighted by molar-refractivity contribution is 5.74. The Morgan fingerprint density at radius 3 is 2.64 bits per heavy atom. The summed E-state index contributed by atoms with van der Waals surface area (Å²) in [5.74, 6) is 0.933. The van der Waals surface area contributed by atoms with Crippen LogP contribution >= 0.6 is 0 Å². The van der Waals surface area contributed by atoms with Gasteiger partial charge in [0.15, 0.2) is 6.61 Å². The van der Waals surface area contributed by atoms with Gasteiger partial charge in [-0.3, -0.25) is 5.41 Å². The van der Waals surface area contributed by atoms with Gasteiger partial charge >= 0.3 is 0 Å². The molecular formula is C11H15NO2. The fraction of sp³-hybridized carbons (Fsp3) is 0.364. The molecular weight excluding hydrogens is 178 g/mol. The summed E-state index contributed by atoms with van der Waals surface area (Å²) in [6.45, 7) is 4.20. The Bertz CT molecular complexity index is 334. The average Bonchev–Trinajstić information content (AvgIpc) is 2.16. The number of rotatable bonds is 3. The van der Waals surface area contributed by atoms with Crippen molar-refractivity contribution in [2.75, 3.05) is 13.7 Å². The Balaban J connectivity index is 2.63. The van der Waals surface area contributed by atoms with E-state index in [-0.39, 0.29) is 12.5 Å². The zero-order chi connectivity index (χ0) is 10.6. The van der Waals surface area contributed by atoms with Gasteiger partial charge < -0.3 is 9.47 Å². The second-order valence-electron chi connectivity index (χ2n) is 3.18. The monoisotopic (exact) mass is 193 g/mol. The Hall–Kier alpha value is -1.51. The molecule has 3 heteroatoms. The molecule has 0 atom stereocenters. The SMILES string of the molecule is COC(=N)COc1ccc(C)cc1C. The lowest BCUT2D eigenvalue weighted by Gasteiger charge is -2.09. The number of hydrogen-bond donors (Lipinski definition) is 1. The minimum Gasteiger partial charge on any atom is -0.484 e. The third-order valence-electron chi connectivity index (χ3n) is 1.94. The first-order valence-corrected chi connectivity index (χ1v) is 4.45. The van der Waals surface area contributed by atoms with Crippen LogP contribution in [-0.4, -0.2) is 19.6 Å². The van der Waals surface area contributed by atoms with Crippen LogP contribution in [0.25, 0.3) is 0 Å². The lowest BCUT2D eigenvalue weighted by atomic mass is 10.1. The smallest absolute Gasteiger partial charge is 0.219 e. The first-order chi connectivity index (χ1) is 6.63. The van der Waals surface area contributed by atoms with Gasteiger partial charge in [0.1, 0.15) is 5.75 Å². The second kappa shape index (κ2) is 4.65. The molecule has 0 fully saturated rings. The largest absolute Gasteiger partial charge is 0.484 e. The Morgan fingerprint density at radius 2 is 2.07 bits per heavy atom. The number of hydrogen-bond acceptors (Lipinski definition) is 3. The fourth-order valence-electron chi connectivity index (χ4n) is 1.16. The molecule has 1 N–H and O–H groups in total. The maximum atomic E-state index is 7.25. The standard InChI is InChI=1S/C11H15NO2/c1-8-4-5-10(9(2)6-8)14-7-11(12)13-3/h4-6,12H,7H2,1-3H3. The molecule has 0 aliphatic heterocycles. The average molecular weight is 193 g/mol. The van der Waals surface area contributed by atoms with Gasteiger partial charge in [-0.25, -0.2) is 0 Å². The molecule has 0 unspecified atom stereocenters. The Morgan fingerprint density at radius 1 is 1.36 bits per heavy atom. The molecule has 14 heavy (non-hydrogen) atoms. The fourth-order valence-corrected chi connectivity index (χ4v) is 1.16. The number of aryl methyl sites for hydroxylation is 2. The summed E-state index contributed by atoms with van der Waals surface area (Å²) in [6, 6.07) is 5.94. The predicted octanol–water partition coefficient (Wildman–Crippen LogP) is 2.31. The highest BCUT2D eigenvalue weighted by Crippen LogP contribution is 2.18. The molecule has 0 aliphatic carbocycles. The van der Waals surface area contributed by atoms with E-state index in [0.717, 1.165) is 11.3 Å². The summed E-state index contributed by atoms with van der Waals surface area (Å²) >= 11 is 0. The van der Waals surface area contributed by atoms with Crippen LogP contribution in [0, 0.1) is 19.3 Å². The molecule has 1 rings (SSSR count). The van der Waals surface area contributed by atoms with Gasteiger partial charge in [-0.2, -0.15) is 0 Å². The zero-order valence-corrected chi connectivity index (χ0v) is 8.76. The van der Waals surface area contributed by atoms with Crippen LogP contribution < -0.4 is 4.74 Å². The summed E-state index contributed by atoms with van der Waals surface area (Å²) in [7, 11) is 1.47. The summed E-state index contributed by atoms with van der Waals surface area (Å²) in [5, 5.41) is 7.25. The van der Waals surface area contributed by atoms with Crippen LogP contribution in [0.4, 0.5) is 0 Å². The molecule has 0 amide bonds. The second-order valence-corrected chi connectivity index (χ2v) is 3.18. The molecule has 1 aromatic rings. The molecule has 0 bridgehead atoms. The Labute approximate surface area is 84.2 Å². The van der Waals surface area contributed by atoms with Gasteiger partial charge in [0.2, 0.25) is 5.90 Å². The van der Waals surface area contributed by atoms with Crippen molar-refractivity contribution in [3.05, 3.63) is 29.3 Å². The summed E-state index contributed by atoms with van der Waals surface area (Å²) < 4.78 is 10.1. The number of methoxy groups -OCH3 is 1. The predicted molar refractivity (Wildman–Crippen MR) is 56.1 cm³/mol. The van der Waals surface area contributed by atoms with Gasteiger partial charge in [0.05, 0.1) is 7.11 Å². The topological polar surface area (TPSA) is 42.3 Å². The summed E-state index contributed by atoms with van der Waals surface area (Å²) in [6.07, 6.45) is 0. The van der Waals surface area contributed by atoms with Crippen molar-refractivity contribution in [3.8, 4) is 5.75 Å². The van der Waals surface area contributed by atoms with E-state index < -0.39 is 0 Å². The van der Waals surface area contributed by atoms with E-state index in [2.05, 4.69) is 0 Å². The van der Waals surface area contributed by atoms with Crippen molar-refractivity contribution in [1.82, 2.24) is 0 Å². The molecule has 0 radical (unpaired) electrons. The lowest BCUT2D eigenvalue weighted by molar-refractivity contribution is 0.308. The van der Waals surface area contributed by atoms with Crippen LogP contribution in [0.2, 0.25) is 0 Å². The van der Waals surface area contributed by atoms with Crippen molar-refractivity contribution < 1.29 is 9.47 Å². The Kier molecular flexibility index (Phi) is 3.51. The summed E-state index contributed by atoms with van der Waals surface area (Å²) in [4.78, 5) is 0. The molecule has 76 valence electrons. The van der Waals surface area contributed by atoms with Crippen molar-refractivity contribution in [3.63, 3.8) is 0 Å². The van der Waals surface area contributed by atoms with Crippen molar-refractivity contribution in [2.45, 2.75) is 13.8 Å². The zero-order valence-electron chi connectivity index (χ0n) is 8.76. The van der Waals surface area contributed by atoms with E-state index in [1.54, 1.807) is 0 Å². The van der Waals surface area contributed by atoms with Gasteiger partial charge in [0, 0.05) is 0 Å². The molecule has 0 aromatic heterocycles. The van der Waals surface area contributed by atoms with Gasteiger partial charge in [0.25, 0.3) is 0 Å². The van der Waals surface area contributed by atoms with Crippen LogP contribution in [0.3, 0.4) is 0 Å². The summed E-state index contributed by atoms with van der Waals surface area (Å²) in [5.41, 5.74) is 2.28. The van der Waals surface area contributed by atoms with Crippen molar-refractivity contribution in [2.24, 2.45) is 0 Å². The molecule has 1 aromatic carbocycles. The third kappa shape index (κ3) is 2.76. The van der Waals surface area contributed by atoms with E-state index >= 15 is 0 Å². The van der Waals surface area contributed by atoms with E-state index in [0.29, 0.717) is 0 Å². The van der Waals surface area contributed by atoms with Gasteiger partial charge in [-0.1, -0.05) is 17.7 Å². The first kappa shape index (κ1) is 10.6. The first-order valence-electron chi connectivity index (χ1n) is 4.45. The molecule has 0 aliphatic rings. The minimum atomic E-state index is 0.130. The van der Waals surface area contributed by atoms with E-state index in [4.69, 9.17) is 14.9 Å². The van der Waals surface area contributed by atoms with Crippen LogP contribution in [0.15, 0.2) is 18.2 Å². The minimum absolute atomic E-state index is 0.130.